The summed E-state index contributed by atoms with van der Waals surface area (Å²) in [6.07, 6.45) is -1.24. The first-order valence-corrected chi connectivity index (χ1v) is 12.7. The monoisotopic (exact) mass is 521 g/mol. The zero-order valence-electron chi connectivity index (χ0n) is 19.3. The molecule has 184 valence electrons. The Balaban J connectivity index is 1.62. The van der Waals surface area contributed by atoms with E-state index in [4.69, 9.17) is 0 Å². The molecule has 1 N–H and O–H groups in total. The minimum absolute atomic E-state index is 0.174. The molecule has 0 unspecified atom stereocenters. The lowest BCUT2D eigenvalue weighted by molar-refractivity contribution is -0.137. The van der Waals surface area contributed by atoms with Crippen molar-refractivity contribution in [1.82, 2.24) is 24.2 Å². The first-order chi connectivity index (χ1) is 16.2. The molecule has 12 heteroatoms. The SMILES string of the molecule is Cc1cc(-c2ccc(C(F)(F)F)cc2)nc(-n2cnc(-c3ccc(S(=O)(=O)NC(C)(C)C)s3)c2)n1. The highest BCUT2D eigenvalue weighted by atomic mass is 32.2. The van der Waals surface area contributed by atoms with Crippen LogP contribution in [0, 0.1) is 6.92 Å². The molecule has 0 saturated heterocycles. The fraction of sp³-hybridized carbons (Fsp3) is 0.261. The van der Waals surface area contributed by atoms with Crippen LogP contribution in [0.4, 0.5) is 13.2 Å². The van der Waals surface area contributed by atoms with E-state index in [1.54, 1.807) is 50.6 Å². The van der Waals surface area contributed by atoms with Crippen LogP contribution in [0.3, 0.4) is 0 Å². The van der Waals surface area contributed by atoms with Crippen molar-refractivity contribution < 1.29 is 21.6 Å². The predicted octanol–water partition coefficient (Wildman–Crippen LogP) is 5.46. The number of thiophene rings is 1. The lowest BCUT2D eigenvalue weighted by Crippen LogP contribution is -2.40. The van der Waals surface area contributed by atoms with Crippen LogP contribution in [-0.2, 0) is 16.2 Å². The lowest BCUT2D eigenvalue weighted by Gasteiger charge is -2.19. The van der Waals surface area contributed by atoms with Crippen molar-refractivity contribution in [2.24, 2.45) is 0 Å². The summed E-state index contributed by atoms with van der Waals surface area (Å²) >= 11 is 1.09. The summed E-state index contributed by atoms with van der Waals surface area (Å²) in [5, 5.41) is 0. The van der Waals surface area contributed by atoms with E-state index in [1.165, 1.54) is 24.5 Å². The molecule has 0 fully saturated rings. The molecule has 3 aromatic heterocycles. The number of halogens is 3. The Hall–Kier alpha value is -3.09. The number of rotatable bonds is 5. The van der Waals surface area contributed by atoms with Gasteiger partial charge >= 0.3 is 6.18 Å². The van der Waals surface area contributed by atoms with Crippen LogP contribution in [0.25, 0.3) is 27.8 Å². The van der Waals surface area contributed by atoms with Crippen LogP contribution in [-0.4, -0.2) is 33.5 Å². The number of aromatic nitrogens is 4. The summed E-state index contributed by atoms with van der Waals surface area (Å²) in [5.41, 5.74) is 0.796. The Morgan fingerprint density at radius 1 is 0.971 bits per heavy atom. The van der Waals surface area contributed by atoms with E-state index in [2.05, 4.69) is 19.7 Å². The molecule has 0 bridgehead atoms. The third-order valence-electron chi connectivity index (χ3n) is 4.70. The number of nitrogens with one attached hydrogen (secondary N) is 1. The van der Waals surface area contributed by atoms with Crippen LogP contribution in [0.1, 0.15) is 32.0 Å². The largest absolute Gasteiger partial charge is 0.416 e. The van der Waals surface area contributed by atoms with Gasteiger partial charge in [0.15, 0.2) is 0 Å². The zero-order valence-corrected chi connectivity index (χ0v) is 20.9. The van der Waals surface area contributed by atoms with Crippen LogP contribution >= 0.6 is 11.3 Å². The number of alkyl halides is 3. The number of benzene rings is 1. The number of hydrogen-bond acceptors (Lipinski definition) is 6. The van der Waals surface area contributed by atoms with Crippen molar-refractivity contribution in [3.05, 3.63) is 66.2 Å². The van der Waals surface area contributed by atoms with E-state index in [9.17, 15) is 21.6 Å². The van der Waals surface area contributed by atoms with Gasteiger partial charge < -0.3 is 0 Å². The van der Waals surface area contributed by atoms with Crippen LogP contribution in [0.15, 0.2) is 59.2 Å². The first kappa shape index (κ1) is 25.0. The van der Waals surface area contributed by atoms with Gasteiger partial charge in [0, 0.05) is 23.0 Å². The summed E-state index contributed by atoms with van der Waals surface area (Å²) in [6.45, 7) is 7.06. The van der Waals surface area contributed by atoms with Gasteiger partial charge in [-0.05, 0) is 58.0 Å². The van der Waals surface area contributed by atoms with Gasteiger partial charge in [0.1, 0.15) is 10.5 Å². The maximum absolute atomic E-state index is 12.9. The number of sulfonamides is 1. The molecule has 4 rings (SSSR count). The average molecular weight is 522 g/mol. The van der Waals surface area contributed by atoms with E-state index in [-0.39, 0.29) is 10.2 Å². The molecule has 3 heterocycles. The van der Waals surface area contributed by atoms with Gasteiger partial charge in [-0.1, -0.05) is 12.1 Å². The molecule has 0 amide bonds. The minimum atomic E-state index is -4.41. The maximum Gasteiger partial charge on any atom is 0.416 e. The van der Waals surface area contributed by atoms with Gasteiger partial charge in [0.25, 0.3) is 10.0 Å². The number of imidazole rings is 1. The highest BCUT2D eigenvalue weighted by Crippen LogP contribution is 2.32. The fourth-order valence-corrected chi connectivity index (χ4v) is 5.95. The summed E-state index contributed by atoms with van der Waals surface area (Å²) in [5.74, 6) is 0.289. The molecular formula is C23H22F3N5O2S2. The second-order valence-corrected chi connectivity index (χ2v) is 11.9. The Morgan fingerprint density at radius 3 is 2.29 bits per heavy atom. The van der Waals surface area contributed by atoms with Gasteiger partial charge in [0.05, 0.1) is 21.8 Å². The highest BCUT2D eigenvalue weighted by Gasteiger charge is 2.30. The van der Waals surface area contributed by atoms with E-state index in [0.717, 1.165) is 23.5 Å². The molecule has 0 spiro atoms. The van der Waals surface area contributed by atoms with Crippen LogP contribution in [0.2, 0.25) is 0 Å². The van der Waals surface area contributed by atoms with Gasteiger partial charge in [0.2, 0.25) is 5.95 Å². The summed E-state index contributed by atoms with van der Waals surface area (Å²) < 4.78 is 68.2. The highest BCUT2D eigenvalue weighted by molar-refractivity contribution is 7.91. The van der Waals surface area contributed by atoms with Crippen molar-refractivity contribution in [2.45, 2.75) is 43.6 Å². The Morgan fingerprint density at radius 2 is 1.66 bits per heavy atom. The zero-order chi connectivity index (χ0) is 25.6. The van der Waals surface area contributed by atoms with Crippen LogP contribution < -0.4 is 4.72 Å². The molecular weight excluding hydrogens is 499 g/mol. The molecule has 0 saturated carbocycles. The molecule has 4 aromatic rings. The second kappa shape index (κ2) is 8.85. The molecule has 0 aliphatic heterocycles. The van der Waals surface area contributed by atoms with Crippen molar-refractivity contribution in [3.8, 4) is 27.8 Å². The molecule has 0 aliphatic rings. The Labute approximate surface area is 204 Å². The molecule has 7 nitrogen and oxygen atoms in total. The summed E-state index contributed by atoms with van der Waals surface area (Å²) in [7, 11) is -3.67. The normalized spacial score (nSPS) is 12.8. The lowest BCUT2D eigenvalue weighted by atomic mass is 10.1. The van der Waals surface area contributed by atoms with E-state index in [1.807, 2.05) is 0 Å². The number of nitrogens with zero attached hydrogens (tertiary/aromatic N) is 4. The Kier molecular flexibility index (Phi) is 6.32. The predicted molar refractivity (Wildman–Crippen MR) is 128 cm³/mol. The first-order valence-electron chi connectivity index (χ1n) is 10.4. The topological polar surface area (TPSA) is 89.8 Å². The van der Waals surface area contributed by atoms with Crippen molar-refractivity contribution in [1.29, 1.82) is 0 Å². The molecule has 0 atom stereocenters. The number of hydrogen-bond donors (Lipinski definition) is 1. The summed E-state index contributed by atoms with van der Waals surface area (Å²) in [4.78, 5) is 13.9. The van der Waals surface area contributed by atoms with Gasteiger partial charge in [-0.3, -0.25) is 4.57 Å². The van der Waals surface area contributed by atoms with E-state index >= 15 is 0 Å². The van der Waals surface area contributed by atoms with E-state index in [0.29, 0.717) is 27.5 Å². The average Bonchev–Trinajstić information content (AvgIpc) is 3.41. The van der Waals surface area contributed by atoms with Crippen molar-refractivity contribution in [2.75, 3.05) is 0 Å². The third-order valence-corrected chi connectivity index (χ3v) is 8.06. The smallest absolute Gasteiger partial charge is 0.274 e. The molecule has 0 radical (unpaired) electrons. The Bertz CT molecular complexity index is 1470. The van der Waals surface area contributed by atoms with Gasteiger partial charge in [-0.25, -0.2) is 28.1 Å². The van der Waals surface area contributed by atoms with Gasteiger partial charge in [-0.15, -0.1) is 11.3 Å². The fourth-order valence-electron chi connectivity index (χ4n) is 3.26. The van der Waals surface area contributed by atoms with E-state index < -0.39 is 27.3 Å². The van der Waals surface area contributed by atoms with Crippen molar-refractivity contribution >= 4 is 21.4 Å². The third kappa shape index (κ3) is 5.77. The van der Waals surface area contributed by atoms with Crippen LogP contribution in [0.5, 0.6) is 0 Å². The molecule has 35 heavy (non-hydrogen) atoms. The summed E-state index contributed by atoms with van der Waals surface area (Å²) in [6, 6.07) is 9.65. The standard InChI is InChI=1S/C23H22F3N5O2S2/c1-14-11-17(15-5-7-16(8-6-15)23(24,25)26)29-21(28-14)31-12-18(27-13-31)19-9-10-20(34-19)35(32,33)30-22(2,3)4/h5-13,30H,1-4H3. The van der Waals surface area contributed by atoms with Gasteiger partial charge in [-0.2, -0.15) is 13.2 Å². The minimum Gasteiger partial charge on any atom is -0.274 e. The quantitative estimate of drug-likeness (QED) is 0.377. The maximum atomic E-state index is 12.9. The number of aryl methyl sites for hydroxylation is 1. The van der Waals surface area contributed by atoms with Crippen molar-refractivity contribution in [3.63, 3.8) is 0 Å². The second-order valence-electron chi connectivity index (χ2n) is 8.91. The molecule has 0 aliphatic carbocycles. The molecule has 1 aromatic carbocycles.